The number of esters is 1. The first-order chi connectivity index (χ1) is 9.40. The summed E-state index contributed by atoms with van der Waals surface area (Å²) < 4.78 is 18.8. The first-order valence-electron chi connectivity index (χ1n) is 6.93. The van der Waals surface area contributed by atoms with Gasteiger partial charge in [-0.15, -0.1) is 0 Å². The summed E-state index contributed by atoms with van der Waals surface area (Å²) in [5, 5.41) is 3.09. The Morgan fingerprint density at radius 1 is 1.40 bits per heavy atom. The highest BCUT2D eigenvalue weighted by atomic mass is 19.1. The summed E-state index contributed by atoms with van der Waals surface area (Å²) in [6.07, 6.45) is 0.982. The highest BCUT2D eigenvalue weighted by molar-refractivity contribution is 5.96. The fourth-order valence-corrected chi connectivity index (χ4v) is 1.83. The molecule has 0 spiro atoms. The van der Waals surface area contributed by atoms with Gasteiger partial charge < -0.3 is 15.8 Å². The third-order valence-electron chi connectivity index (χ3n) is 3.52. The SMILES string of the molecule is CCOC(=O)c1cc(NC(C)C(C)CC)c(F)cc1N. The van der Waals surface area contributed by atoms with E-state index in [-0.39, 0.29) is 29.6 Å². The second-order valence-corrected chi connectivity index (χ2v) is 4.96. The molecule has 1 aromatic carbocycles. The summed E-state index contributed by atoms with van der Waals surface area (Å²) in [6.45, 7) is 8.10. The first-order valence-corrected chi connectivity index (χ1v) is 6.93. The Balaban J connectivity index is 3.02. The minimum absolute atomic E-state index is 0.0858. The van der Waals surface area contributed by atoms with Gasteiger partial charge in [0.15, 0.2) is 0 Å². The van der Waals surface area contributed by atoms with E-state index in [0.717, 1.165) is 12.5 Å². The molecule has 0 bridgehead atoms. The third-order valence-corrected chi connectivity index (χ3v) is 3.52. The smallest absolute Gasteiger partial charge is 0.340 e. The van der Waals surface area contributed by atoms with E-state index in [4.69, 9.17) is 10.5 Å². The van der Waals surface area contributed by atoms with Crippen LogP contribution < -0.4 is 11.1 Å². The Morgan fingerprint density at radius 3 is 2.60 bits per heavy atom. The number of carbonyl (C=O) groups excluding carboxylic acids is 1. The van der Waals surface area contributed by atoms with Gasteiger partial charge in [0.1, 0.15) is 5.82 Å². The van der Waals surface area contributed by atoms with Gasteiger partial charge in [0, 0.05) is 11.7 Å². The predicted molar refractivity (Wildman–Crippen MR) is 79.3 cm³/mol. The van der Waals surface area contributed by atoms with Crippen molar-refractivity contribution in [3.63, 3.8) is 0 Å². The Hall–Kier alpha value is -1.78. The minimum Gasteiger partial charge on any atom is -0.462 e. The topological polar surface area (TPSA) is 64.3 Å². The molecule has 1 aromatic rings. The van der Waals surface area contributed by atoms with Gasteiger partial charge >= 0.3 is 5.97 Å². The van der Waals surface area contributed by atoms with Crippen LogP contribution in [-0.4, -0.2) is 18.6 Å². The highest BCUT2D eigenvalue weighted by Crippen LogP contribution is 2.25. The number of carbonyl (C=O) groups is 1. The summed E-state index contributed by atoms with van der Waals surface area (Å²) in [4.78, 5) is 11.8. The van der Waals surface area contributed by atoms with Crippen molar-refractivity contribution in [3.05, 3.63) is 23.5 Å². The van der Waals surface area contributed by atoms with Crippen molar-refractivity contribution in [3.8, 4) is 0 Å². The predicted octanol–water partition coefficient (Wildman–Crippen LogP) is 3.43. The molecule has 2 unspecified atom stereocenters. The van der Waals surface area contributed by atoms with Crippen LogP contribution in [0.15, 0.2) is 12.1 Å². The van der Waals surface area contributed by atoms with E-state index in [1.807, 2.05) is 6.92 Å². The van der Waals surface area contributed by atoms with Crippen LogP contribution in [0.3, 0.4) is 0 Å². The van der Waals surface area contributed by atoms with E-state index >= 15 is 0 Å². The van der Waals surface area contributed by atoms with E-state index in [1.165, 1.54) is 6.07 Å². The van der Waals surface area contributed by atoms with Gasteiger partial charge in [0.25, 0.3) is 0 Å². The molecule has 0 amide bonds. The highest BCUT2D eigenvalue weighted by Gasteiger charge is 2.17. The van der Waals surface area contributed by atoms with Crippen LogP contribution in [0.1, 0.15) is 44.5 Å². The molecule has 4 nitrogen and oxygen atoms in total. The van der Waals surface area contributed by atoms with Crippen molar-refractivity contribution >= 4 is 17.3 Å². The minimum atomic E-state index is -0.538. The fourth-order valence-electron chi connectivity index (χ4n) is 1.83. The Labute approximate surface area is 119 Å². The number of hydrogen-bond donors (Lipinski definition) is 2. The maximum Gasteiger partial charge on any atom is 0.340 e. The number of ether oxygens (including phenoxy) is 1. The van der Waals surface area contributed by atoms with Crippen molar-refractivity contribution in [2.75, 3.05) is 17.7 Å². The Morgan fingerprint density at radius 2 is 2.05 bits per heavy atom. The second-order valence-electron chi connectivity index (χ2n) is 4.96. The van der Waals surface area contributed by atoms with Gasteiger partial charge in [-0.3, -0.25) is 0 Å². The van der Waals surface area contributed by atoms with Gasteiger partial charge in [-0.1, -0.05) is 20.3 Å². The lowest BCUT2D eigenvalue weighted by atomic mass is 10.0. The summed E-state index contributed by atoms with van der Waals surface area (Å²) in [7, 11) is 0. The van der Waals surface area contributed by atoms with E-state index in [2.05, 4.69) is 19.2 Å². The zero-order valence-electron chi connectivity index (χ0n) is 12.5. The van der Waals surface area contributed by atoms with E-state index in [1.54, 1.807) is 6.92 Å². The third kappa shape index (κ3) is 3.85. The van der Waals surface area contributed by atoms with Crippen molar-refractivity contribution in [2.24, 2.45) is 5.92 Å². The van der Waals surface area contributed by atoms with Gasteiger partial charge in [-0.05, 0) is 31.9 Å². The maximum absolute atomic E-state index is 13.9. The second kappa shape index (κ2) is 7.12. The van der Waals surface area contributed by atoms with Gasteiger partial charge in [0.05, 0.1) is 17.9 Å². The molecule has 0 fully saturated rings. The number of anilines is 2. The molecule has 0 saturated carbocycles. The molecule has 0 aliphatic heterocycles. The van der Waals surface area contributed by atoms with Crippen LogP contribution >= 0.6 is 0 Å². The van der Waals surface area contributed by atoms with E-state index in [9.17, 15) is 9.18 Å². The zero-order chi connectivity index (χ0) is 15.3. The van der Waals surface area contributed by atoms with Crippen LogP contribution in [0, 0.1) is 11.7 Å². The quantitative estimate of drug-likeness (QED) is 0.619. The molecule has 0 aromatic heterocycles. The molecule has 5 heteroatoms. The Kier molecular flexibility index (Phi) is 5.80. The summed E-state index contributed by atoms with van der Waals surface area (Å²) in [5.41, 5.74) is 6.22. The molecule has 1 rings (SSSR count). The lowest BCUT2D eigenvalue weighted by molar-refractivity contribution is 0.0527. The summed E-state index contributed by atoms with van der Waals surface area (Å²) in [5.74, 6) is -0.618. The van der Waals surface area contributed by atoms with E-state index < -0.39 is 11.8 Å². The average Bonchev–Trinajstić information content (AvgIpc) is 2.40. The lowest BCUT2D eigenvalue weighted by Crippen LogP contribution is -2.24. The summed E-state index contributed by atoms with van der Waals surface area (Å²) in [6, 6.07) is 2.66. The average molecular weight is 282 g/mol. The van der Waals surface area contributed by atoms with Crippen LogP contribution in [0.2, 0.25) is 0 Å². The lowest BCUT2D eigenvalue weighted by Gasteiger charge is -2.22. The summed E-state index contributed by atoms with van der Waals surface area (Å²) >= 11 is 0. The van der Waals surface area contributed by atoms with Crippen LogP contribution in [0.5, 0.6) is 0 Å². The van der Waals surface area contributed by atoms with Crippen molar-refractivity contribution in [1.82, 2.24) is 0 Å². The van der Waals surface area contributed by atoms with Crippen molar-refractivity contribution in [1.29, 1.82) is 0 Å². The molecule has 20 heavy (non-hydrogen) atoms. The number of benzene rings is 1. The number of nitrogens with two attached hydrogens (primary N) is 1. The number of nitrogens with one attached hydrogen (secondary N) is 1. The van der Waals surface area contributed by atoms with Crippen LogP contribution in [0.25, 0.3) is 0 Å². The number of rotatable bonds is 6. The number of nitrogen functional groups attached to an aromatic ring is 1. The molecule has 2 atom stereocenters. The molecule has 112 valence electrons. The first kappa shape index (κ1) is 16.3. The van der Waals surface area contributed by atoms with Crippen molar-refractivity contribution in [2.45, 2.75) is 40.2 Å². The zero-order valence-corrected chi connectivity index (χ0v) is 12.5. The van der Waals surface area contributed by atoms with Crippen LogP contribution in [-0.2, 0) is 4.74 Å². The van der Waals surface area contributed by atoms with Gasteiger partial charge in [-0.25, -0.2) is 9.18 Å². The normalized spacial score (nSPS) is 13.7. The van der Waals surface area contributed by atoms with Gasteiger partial charge in [0.2, 0.25) is 0 Å². The molecule has 0 aliphatic carbocycles. The monoisotopic (exact) mass is 282 g/mol. The fraction of sp³-hybridized carbons (Fsp3) is 0.533. The standard InChI is InChI=1S/C15H23FN2O2/c1-5-9(3)10(4)18-14-7-11(15(19)20-6-2)13(17)8-12(14)16/h7-10,18H,5-6,17H2,1-4H3. The van der Waals surface area contributed by atoms with Crippen LogP contribution in [0.4, 0.5) is 15.8 Å². The molecular weight excluding hydrogens is 259 g/mol. The molecule has 3 N–H and O–H groups in total. The molecule has 0 saturated heterocycles. The van der Waals surface area contributed by atoms with Gasteiger partial charge in [-0.2, -0.15) is 0 Å². The van der Waals surface area contributed by atoms with E-state index in [0.29, 0.717) is 5.92 Å². The number of halogens is 1. The molecule has 0 heterocycles. The molecule has 0 aliphatic rings. The Bertz CT molecular complexity index is 477. The molecule has 0 radical (unpaired) electrons. The maximum atomic E-state index is 13.9. The van der Waals surface area contributed by atoms with Crippen molar-refractivity contribution < 1.29 is 13.9 Å². The largest absolute Gasteiger partial charge is 0.462 e. The number of hydrogen-bond acceptors (Lipinski definition) is 4. The molecular formula is C15H23FN2O2.